The maximum Gasteiger partial charge on any atom is 0.0636 e. The number of hydrogen-bond donors (Lipinski definition) is 0. The Morgan fingerprint density at radius 2 is 1.03 bits per heavy atom. The van der Waals surface area contributed by atoms with Crippen molar-refractivity contribution in [3.63, 3.8) is 0 Å². The molecule has 0 amide bonds. The summed E-state index contributed by atoms with van der Waals surface area (Å²) in [6.07, 6.45) is 12.5. The summed E-state index contributed by atoms with van der Waals surface area (Å²) in [6.45, 7) is 13.4. The molecule has 0 aliphatic heterocycles. The number of rotatable bonds is 14. The normalized spacial score (nSPS) is 12.1. The van der Waals surface area contributed by atoms with Crippen LogP contribution < -0.4 is 0 Å². The van der Waals surface area contributed by atoms with Crippen molar-refractivity contribution in [2.24, 2.45) is 9.98 Å². The van der Waals surface area contributed by atoms with Crippen LogP contribution in [0.4, 0.5) is 11.4 Å². The Balaban J connectivity index is 0.00000578. The van der Waals surface area contributed by atoms with Gasteiger partial charge in [-0.05, 0) is 92.0 Å². The number of benzene rings is 2. The van der Waals surface area contributed by atoms with Gasteiger partial charge < -0.3 is 0 Å². The smallest absolute Gasteiger partial charge is 0.0636 e. The Kier molecular flexibility index (Phi) is 15.2. The minimum Gasteiger partial charge on any atom is -0.252 e. The van der Waals surface area contributed by atoms with Crippen LogP contribution in [0.25, 0.3) is 0 Å². The van der Waals surface area contributed by atoms with E-state index in [9.17, 15) is 0 Å². The summed E-state index contributed by atoms with van der Waals surface area (Å²) in [6, 6.07) is 13.6. The molecule has 0 heterocycles. The van der Waals surface area contributed by atoms with Gasteiger partial charge in [-0.3, -0.25) is 9.98 Å². The monoisotopic (exact) mass is 552 g/mol. The Morgan fingerprint density at radius 3 is 1.47 bits per heavy atom. The van der Waals surface area contributed by atoms with Gasteiger partial charge in [-0.1, -0.05) is 78.9 Å². The SMILES string of the molecule is CCCCC(=N\c1ccc(CCC)c(CCC)c1)/C(C)=N/c1ccc(CCC)c(CCC)c1.[Pd]. The largest absolute Gasteiger partial charge is 0.252 e. The molecule has 0 saturated carbocycles. The van der Waals surface area contributed by atoms with Crippen molar-refractivity contribution < 1.29 is 20.4 Å². The van der Waals surface area contributed by atoms with Gasteiger partial charge in [0.25, 0.3) is 0 Å². The molecule has 190 valence electrons. The maximum absolute atomic E-state index is 5.13. The predicted octanol–water partition coefficient (Wildman–Crippen LogP) is 9.55. The van der Waals surface area contributed by atoms with Crippen molar-refractivity contribution in [3.8, 4) is 0 Å². The number of aryl methyl sites for hydroxylation is 4. The third kappa shape index (κ3) is 9.60. The zero-order valence-electron chi connectivity index (χ0n) is 22.5. The van der Waals surface area contributed by atoms with Crippen LogP contribution >= 0.6 is 0 Å². The molecule has 3 heteroatoms. The fourth-order valence-electron chi connectivity index (χ4n) is 4.47. The minimum atomic E-state index is 0. The van der Waals surface area contributed by atoms with E-state index in [-0.39, 0.29) is 20.4 Å². The first kappa shape index (κ1) is 30.5. The predicted molar refractivity (Wildman–Crippen MR) is 148 cm³/mol. The van der Waals surface area contributed by atoms with Crippen LogP contribution in [-0.2, 0) is 46.1 Å². The topological polar surface area (TPSA) is 24.7 Å². The fraction of sp³-hybridized carbons (Fsp3) is 0.548. The summed E-state index contributed by atoms with van der Waals surface area (Å²) in [5.74, 6) is 0. The van der Waals surface area contributed by atoms with Gasteiger partial charge in [0.15, 0.2) is 0 Å². The molecular weight excluding hydrogens is 507 g/mol. The second-order valence-corrected chi connectivity index (χ2v) is 9.27. The molecule has 0 aromatic heterocycles. The molecule has 0 spiro atoms. The van der Waals surface area contributed by atoms with Gasteiger partial charge in [0.1, 0.15) is 0 Å². The van der Waals surface area contributed by atoms with Crippen LogP contribution in [0, 0.1) is 0 Å². The first-order valence-corrected chi connectivity index (χ1v) is 13.4. The Labute approximate surface area is 223 Å². The summed E-state index contributed by atoms with van der Waals surface area (Å²) in [7, 11) is 0. The number of aliphatic imine (C=N–C) groups is 2. The first-order valence-electron chi connectivity index (χ1n) is 13.4. The zero-order valence-corrected chi connectivity index (χ0v) is 24.0. The molecule has 2 nitrogen and oxygen atoms in total. The molecule has 0 unspecified atom stereocenters. The van der Waals surface area contributed by atoms with Crippen molar-refractivity contribution in [3.05, 3.63) is 58.7 Å². The Hall–Kier alpha value is -1.56. The van der Waals surface area contributed by atoms with Crippen molar-refractivity contribution in [1.82, 2.24) is 0 Å². The van der Waals surface area contributed by atoms with Crippen molar-refractivity contribution in [2.45, 2.75) is 112 Å². The maximum atomic E-state index is 5.13. The van der Waals surface area contributed by atoms with E-state index in [0.29, 0.717) is 0 Å². The average Bonchev–Trinajstić information content (AvgIpc) is 2.80. The van der Waals surface area contributed by atoms with E-state index in [0.717, 1.165) is 67.7 Å². The first-order chi connectivity index (χ1) is 16.1. The fourth-order valence-corrected chi connectivity index (χ4v) is 4.47. The van der Waals surface area contributed by atoms with Gasteiger partial charge in [-0.25, -0.2) is 0 Å². The summed E-state index contributed by atoms with van der Waals surface area (Å²) in [5, 5.41) is 0. The molecule has 0 radical (unpaired) electrons. The average molecular weight is 553 g/mol. The van der Waals surface area contributed by atoms with E-state index >= 15 is 0 Å². The Bertz CT molecular complexity index is 927. The third-order valence-corrected chi connectivity index (χ3v) is 6.20. The van der Waals surface area contributed by atoms with E-state index in [2.05, 4.69) is 77.9 Å². The second-order valence-electron chi connectivity index (χ2n) is 9.27. The quantitative estimate of drug-likeness (QED) is 0.165. The molecule has 0 saturated heterocycles. The van der Waals surface area contributed by atoms with Crippen LogP contribution in [0.1, 0.15) is 109 Å². The van der Waals surface area contributed by atoms with Gasteiger partial charge in [-0.2, -0.15) is 0 Å². The van der Waals surface area contributed by atoms with Gasteiger partial charge in [0.2, 0.25) is 0 Å². The van der Waals surface area contributed by atoms with Crippen LogP contribution in [0.3, 0.4) is 0 Å². The molecule has 0 atom stereocenters. The number of unbranched alkanes of at least 4 members (excludes halogenated alkanes) is 1. The van der Waals surface area contributed by atoms with Crippen LogP contribution in [0.5, 0.6) is 0 Å². The zero-order chi connectivity index (χ0) is 24.1. The standard InChI is InChI=1S/C31H46N2.Pd/c1-7-12-17-31(33-30-21-19-26(14-9-3)28(23-30)16-11-5)24(6)32-29-20-18-25(13-8-2)27(22-29)15-10-4;/h18-23H,7-17H2,1-6H3;/b32-24+,33-31+;. The number of hydrogen-bond acceptors (Lipinski definition) is 2. The summed E-state index contributed by atoms with van der Waals surface area (Å²) in [5.41, 5.74) is 10.2. The van der Waals surface area contributed by atoms with Crippen molar-refractivity contribution in [1.29, 1.82) is 0 Å². The van der Waals surface area contributed by atoms with Gasteiger partial charge in [0.05, 0.1) is 22.8 Å². The molecule has 0 N–H and O–H groups in total. The molecule has 0 aliphatic carbocycles. The van der Waals surface area contributed by atoms with E-state index < -0.39 is 0 Å². The van der Waals surface area contributed by atoms with Crippen LogP contribution in [0.15, 0.2) is 46.4 Å². The van der Waals surface area contributed by atoms with E-state index in [1.165, 1.54) is 47.9 Å². The molecule has 0 fully saturated rings. The Morgan fingerprint density at radius 1 is 0.588 bits per heavy atom. The second kappa shape index (κ2) is 17.0. The third-order valence-electron chi connectivity index (χ3n) is 6.20. The van der Waals surface area contributed by atoms with E-state index in [4.69, 9.17) is 9.98 Å². The molecule has 0 bridgehead atoms. The number of nitrogens with zero attached hydrogens (tertiary/aromatic N) is 2. The van der Waals surface area contributed by atoms with Gasteiger partial charge in [-0.15, -0.1) is 0 Å². The van der Waals surface area contributed by atoms with Crippen molar-refractivity contribution >= 4 is 22.8 Å². The molecule has 2 aromatic carbocycles. The molecule has 0 aliphatic rings. The van der Waals surface area contributed by atoms with E-state index in [1.54, 1.807) is 0 Å². The molecule has 2 aromatic rings. The van der Waals surface area contributed by atoms with Crippen LogP contribution in [0.2, 0.25) is 0 Å². The van der Waals surface area contributed by atoms with Gasteiger partial charge in [0, 0.05) is 20.4 Å². The molecular formula is C31H46N2Pd. The van der Waals surface area contributed by atoms with Crippen molar-refractivity contribution in [2.75, 3.05) is 0 Å². The van der Waals surface area contributed by atoms with E-state index in [1.807, 2.05) is 0 Å². The van der Waals surface area contributed by atoms with Crippen LogP contribution in [-0.4, -0.2) is 11.4 Å². The minimum absolute atomic E-state index is 0. The summed E-state index contributed by atoms with van der Waals surface area (Å²) >= 11 is 0. The molecule has 2 rings (SSSR count). The summed E-state index contributed by atoms with van der Waals surface area (Å²) < 4.78 is 0. The van der Waals surface area contributed by atoms with Gasteiger partial charge >= 0.3 is 0 Å². The molecule has 34 heavy (non-hydrogen) atoms. The summed E-state index contributed by atoms with van der Waals surface area (Å²) in [4.78, 5) is 10.2.